The second-order valence-electron chi connectivity index (χ2n) is 7.00. The van der Waals surface area contributed by atoms with Crippen LogP contribution in [0.5, 0.6) is 0 Å². The van der Waals surface area contributed by atoms with Crippen LogP contribution in [0.4, 0.5) is 0 Å². The third-order valence-corrected chi connectivity index (χ3v) is 4.77. The highest BCUT2D eigenvalue weighted by Crippen LogP contribution is 2.21. The maximum absolute atomic E-state index is 12.2. The minimum atomic E-state index is -0.345. The Morgan fingerprint density at radius 2 is 1.77 bits per heavy atom. The van der Waals surface area contributed by atoms with Crippen molar-refractivity contribution < 1.29 is 14.3 Å². The SMILES string of the molecule is CCOC(=O)c1cccc(-n2c(C)cc(/C=N\NC(=O)c3ccc(C)cc3)c2C)c1. The Morgan fingerprint density at radius 1 is 1.03 bits per heavy atom. The van der Waals surface area contributed by atoms with Gasteiger partial charge < -0.3 is 9.30 Å². The first-order valence-electron chi connectivity index (χ1n) is 9.77. The van der Waals surface area contributed by atoms with Crippen LogP contribution < -0.4 is 5.43 Å². The van der Waals surface area contributed by atoms with E-state index in [1.165, 1.54) is 0 Å². The highest BCUT2D eigenvalue weighted by Gasteiger charge is 2.13. The Bertz CT molecular complexity index is 1100. The van der Waals surface area contributed by atoms with Crippen molar-refractivity contribution in [3.63, 3.8) is 0 Å². The molecule has 3 aromatic rings. The zero-order valence-electron chi connectivity index (χ0n) is 17.6. The number of nitrogens with zero attached hydrogens (tertiary/aromatic N) is 2. The fourth-order valence-electron chi connectivity index (χ4n) is 3.23. The highest BCUT2D eigenvalue weighted by molar-refractivity contribution is 5.95. The van der Waals surface area contributed by atoms with E-state index in [-0.39, 0.29) is 11.9 Å². The first kappa shape index (κ1) is 21.0. The van der Waals surface area contributed by atoms with E-state index >= 15 is 0 Å². The van der Waals surface area contributed by atoms with Crippen LogP contribution in [-0.2, 0) is 4.74 Å². The molecule has 6 nitrogen and oxygen atoms in total. The Hall–Kier alpha value is -3.67. The third-order valence-electron chi connectivity index (χ3n) is 4.77. The molecule has 2 aromatic carbocycles. The number of ether oxygens (including phenoxy) is 1. The topological polar surface area (TPSA) is 72.7 Å². The smallest absolute Gasteiger partial charge is 0.338 e. The molecular formula is C24H25N3O3. The first-order chi connectivity index (χ1) is 14.4. The van der Waals surface area contributed by atoms with Crippen LogP contribution in [0.15, 0.2) is 59.7 Å². The Morgan fingerprint density at radius 3 is 2.47 bits per heavy atom. The van der Waals surface area contributed by atoms with Crippen LogP contribution in [0, 0.1) is 20.8 Å². The van der Waals surface area contributed by atoms with Crippen molar-refractivity contribution in [2.45, 2.75) is 27.7 Å². The molecule has 0 unspecified atom stereocenters. The lowest BCUT2D eigenvalue weighted by Crippen LogP contribution is -2.17. The number of hydrogen-bond acceptors (Lipinski definition) is 4. The summed E-state index contributed by atoms with van der Waals surface area (Å²) in [5.74, 6) is -0.607. The summed E-state index contributed by atoms with van der Waals surface area (Å²) in [5, 5.41) is 4.11. The summed E-state index contributed by atoms with van der Waals surface area (Å²) in [6.45, 7) is 8.03. The quantitative estimate of drug-likeness (QED) is 0.378. The van der Waals surface area contributed by atoms with E-state index in [2.05, 4.69) is 10.5 Å². The molecule has 0 aliphatic carbocycles. The minimum absolute atomic E-state index is 0.262. The van der Waals surface area contributed by atoms with Gasteiger partial charge in [0.05, 0.1) is 18.4 Å². The van der Waals surface area contributed by atoms with Crippen molar-refractivity contribution in [1.82, 2.24) is 9.99 Å². The van der Waals surface area contributed by atoms with Crippen molar-refractivity contribution in [2.24, 2.45) is 5.10 Å². The molecule has 3 rings (SSSR count). The minimum Gasteiger partial charge on any atom is -0.462 e. The summed E-state index contributed by atoms with van der Waals surface area (Å²) in [7, 11) is 0. The molecule has 1 N–H and O–H groups in total. The molecule has 0 fully saturated rings. The maximum atomic E-state index is 12.2. The molecule has 1 aromatic heterocycles. The number of aromatic nitrogens is 1. The number of aryl methyl sites for hydroxylation is 2. The lowest BCUT2D eigenvalue weighted by atomic mass is 10.1. The monoisotopic (exact) mass is 403 g/mol. The van der Waals surface area contributed by atoms with Gasteiger partial charge in [0, 0.05) is 28.2 Å². The second-order valence-corrected chi connectivity index (χ2v) is 7.00. The summed E-state index contributed by atoms with van der Waals surface area (Å²) in [6.07, 6.45) is 1.63. The molecule has 30 heavy (non-hydrogen) atoms. The number of hydrazone groups is 1. The fraction of sp³-hybridized carbons (Fsp3) is 0.208. The average Bonchev–Trinajstić information content (AvgIpc) is 3.02. The van der Waals surface area contributed by atoms with Gasteiger partial charge >= 0.3 is 5.97 Å². The van der Waals surface area contributed by atoms with E-state index < -0.39 is 0 Å². The summed E-state index contributed by atoms with van der Waals surface area (Å²) in [4.78, 5) is 24.3. The predicted molar refractivity (Wildman–Crippen MR) is 117 cm³/mol. The van der Waals surface area contributed by atoms with Gasteiger partial charge in [0.25, 0.3) is 5.91 Å². The van der Waals surface area contributed by atoms with E-state index in [0.717, 1.165) is 28.2 Å². The van der Waals surface area contributed by atoms with Gasteiger partial charge in [0.15, 0.2) is 0 Å². The summed E-state index contributed by atoms with van der Waals surface area (Å²) < 4.78 is 7.13. The van der Waals surface area contributed by atoms with Crippen molar-refractivity contribution in [3.05, 3.63) is 88.2 Å². The van der Waals surface area contributed by atoms with E-state index in [0.29, 0.717) is 17.7 Å². The molecule has 0 saturated heterocycles. The van der Waals surface area contributed by atoms with Crippen LogP contribution in [-0.4, -0.2) is 29.3 Å². The highest BCUT2D eigenvalue weighted by atomic mass is 16.5. The molecule has 0 aliphatic rings. The molecule has 154 valence electrons. The van der Waals surface area contributed by atoms with Gasteiger partial charge in [-0.05, 0) is 64.1 Å². The first-order valence-corrected chi connectivity index (χ1v) is 9.77. The average molecular weight is 403 g/mol. The number of rotatable bonds is 6. The van der Waals surface area contributed by atoms with Gasteiger partial charge in [-0.3, -0.25) is 4.79 Å². The van der Waals surface area contributed by atoms with Crippen LogP contribution >= 0.6 is 0 Å². The van der Waals surface area contributed by atoms with Crippen LogP contribution in [0.2, 0.25) is 0 Å². The summed E-state index contributed by atoms with van der Waals surface area (Å²) >= 11 is 0. The molecule has 0 radical (unpaired) electrons. The van der Waals surface area contributed by atoms with Gasteiger partial charge in [-0.15, -0.1) is 0 Å². The van der Waals surface area contributed by atoms with E-state index in [4.69, 9.17) is 4.74 Å². The number of carbonyl (C=O) groups excluding carboxylic acids is 2. The lowest BCUT2D eigenvalue weighted by Gasteiger charge is -2.11. The number of nitrogens with one attached hydrogen (secondary N) is 1. The van der Waals surface area contributed by atoms with Crippen LogP contribution in [0.3, 0.4) is 0 Å². The van der Waals surface area contributed by atoms with Gasteiger partial charge in [0.1, 0.15) is 0 Å². The number of benzene rings is 2. The largest absolute Gasteiger partial charge is 0.462 e. The predicted octanol–water partition coefficient (Wildman–Crippen LogP) is 4.34. The lowest BCUT2D eigenvalue weighted by molar-refractivity contribution is 0.0526. The number of amides is 1. The van der Waals surface area contributed by atoms with Crippen molar-refractivity contribution in [3.8, 4) is 5.69 Å². The normalized spacial score (nSPS) is 10.9. The fourth-order valence-corrected chi connectivity index (χ4v) is 3.23. The van der Waals surface area contributed by atoms with Crippen molar-refractivity contribution >= 4 is 18.1 Å². The number of hydrogen-bond donors (Lipinski definition) is 1. The molecule has 1 amide bonds. The zero-order chi connectivity index (χ0) is 21.7. The third kappa shape index (κ3) is 4.66. The van der Waals surface area contributed by atoms with Gasteiger partial charge in [0.2, 0.25) is 0 Å². The molecule has 6 heteroatoms. The van der Waals surface area contributed by atoms with E-state index in [9.17, 15) is 9.59 Å². The van der Waals surface area contributed by atoms with Crippen LogP contribution in [0.1, 0.15) is 50.2 Å². The Kier molecular flexibility index (Phi) is 6.47. The number of carbonyl (C=O) groups is 2. The van der Waals surface area contributed by atoms with Crippen LogP contribution in [0.25, 0.3) is 5.69 Å². The van der Waals surface area contributed by atoms with Crippen molar-refractivity contribution in [1.29, 1.82) is 0 Å². The standard InChI is InChI=1S/C24H25N3O3/c1-5-30-24(29)20-7-6-8-22(14-20)27-17(3)13-21(18(27)4)15-25-26-23(28)19-11-9-16(2)10-12-19/h6-15H,5H2,1-4H3,(H,26,28)/b25-15-. The molecule has 1 heterocycles. The Balaban J connectivity index is 1.79. The molecule has 0 atom stereocenters. The molecule has 0 bridgehead atoms. The second kappa shape index (κ2) is 9.22. The van der Waals surface area contributed by atoms with Crippen molar-refractivity contribution in [2.75, 3.05) is 6.61 Å². The maximum Gasteiger partial charge on any atom is 0.338 e. The Labute approximate surface area is 176 Å². The number of esters is 1. The molecule has 0 saturated carbocycles. The zero-order valence-corrected chi connectivity index (χ0v) is 17.6. The molecule has 0 spiro atoms. The van der Waals surface area contributed by atoms with E-state index in [1.807, 2.05) is 55.7 Å². The van der Waals surface area contributed by atoms with Gasteiger partial charge in [-0.1, -0.05) is 23.8 Å². The van der Waals surface area contributed by atoms with Gasteiger partial charge in [-0.2, -0.15) is 5.10 Å². The summed E-state index contributed by atoms with van der Waals surface area (Å²) in [6, 6.07) is 16.6. The van der Waals surface area contributed by atoms with Gasteiger partial charge in [-0.25, -0.2) is 10.2 Å². The molecular weight excluding hydrogens is 378 g/mol. The van der Waals surface area contributed by atoms with E-state index in [1.54, 1.807) is 37.4 Å². The molecule has 0 aliphatic heterocycles. The summed E-state index contributed by atoms with van der Waals surface area (Å²) in [5.41, 5.74) is 8.38.